The predicted molar refractivity (Wildman–Crippen MR) is 118 cm³/mol. The van der Waals surface area contributed by atoms with Gasteiger partial charge in [0.15, 0.2) is 0 Å². The van der Waals surface area contributed by atoms with Crippen LogP contribution < -0.4 is 20.7 Å². The van der Waals surface area contributed by atoms with Crippen LogP contribution in [-0.2, 0) is 4.79 Å². The summed E-state index contributed by atoms with van der Waals surface area (Å²) in [7, 11) is 0. The molecule has 6 heteroatoms. The molecule has 0 aromatic heterocycles. The fourth-order valence-electron chi connectivity index (χ4n) is 2.51. The minimum atomic E-state index is -0.324. The number of hydrogen-bond acceptors (Lipinski definition) is 4. The molecule has 6 nitrogen and oxygen atoms in total. The number of carbonyl (C=O) groups excluding carboxylic acids is 2. The standard InChI is InChI=1S/C23H31N3O3/c1-6-16(2)29-20-12-10-18(11-13-20)24-15-21(27)25-19-9-7-8-17(14-19)22(28)26-23(3,4)5/h7-14,16,24H,6,15H2,1-5H3,(H,25,27)(H,26,28). The highest BCUT2D eigenvalue weighted by Gasteiger charge is 2.15. The number of amides is 2. The second-order valence-electron chi connectivity index (χ2n) is 8.05. The van der Waals surface area contributed by atoms with Gasteiger partial charge in [-0.1, -0.05) is 13.0 Å². The van der Waals surface area contributed by atoms with Crippen LogP contribution >= 0.6 is 0 Å². The molecule has 0 radical (unpaired) electrons. The van der Waals surface area contributed by atoms with Gasteiger partial charge < -0.3 is 20.7 Å². The van der Waals surface area contributed by atoms with E-state index in [0.717, 1.165) is 17.9 Å². The zero-order valence-corrected chi connectivity index (χ0v) is 17.8. The largest absolute Gasteiger partial charge is 0.491 e. The number of anilines is 2. The second kappa shape index (κ2) is 9.96. The molecule has 0 aliphatic rings. The Hall–Kier alpha value is -3.02. The fourth-order valence-corrected chi connectivity index (χ4v) is 2.51. The Bertz CT molecular complexity index is 826. The van der Waals surface area contributed by atoms with E-state index in [1.165, 1.54) is 0 Å². The zero-order valence-electron chi connectivity index (χ0n) is 17.8. The molecule has 0 spiro atoms. The van der Waals surface area contributed by atoms with E-state index >= 15 is 0 Å². The van der Waals surface area contributed by atoms with Gasteiger partial charge >= 0.3 is 0 Å². The predicted octanol–water partition coefficient (Wildman–Crippen LogP) is 4.44. The molecule has 2 rings (SSSR count). The first kappa shape index (κ1) is 22.3. The summed E-state index contributed by atoms with van der Waals surface area (Å²) in [4.78, 5) is 24.5. The highest BCUT2D eigenvalue weighted by molar-refractivity contribution is 5.98. The van der Waals surface area contributed by atoms with Crippen LogP contribution in [0.5, 0.6) is 5.75 Å². The third-order valence-electron chi connectivity index (χ3n) is 4.12. The lowest BCUT2D eigenvalue weighted by molar-refractivity contribution is -0.114. The van der Waals surface area contributed by atoms with Crippen LogP contribution in [0.15, 0.2) is 48.5 Å². The van der Waals surface area contributed by atoms with Crippen LogP contribution in [0.1, 0.15) is 51.4 Å². The third-order valence-corrected chi connectivity index (χ3v) is 4.12. The average Bonchev–Trinajstić information content (AvgIpc) is 2.66. The van der Waals surface area contributed by atoms with Gasteiger partial charge in [0, 0.05) is 22.5 Å². The lowest BCUT2D eigenvalue weighted by atomic mass is 10.1. The molecular formula is C23H31N3O3. The third kappa shape index (κ3) is 7.86. The molecule has 0 fully saturated rings. The van der Waals surface area contributed by atoms with Gasteiger partial charge in [-0.2, -0.15) is 0 Å². The molecule has 1 unspecified atom stereocenters. The Morgan fingerprint density at radius 1 is 1.03 bits per heavy atom. The van der Waals surface area contributed by atoms with Crippen molar-refractivity contribution in [2.45, 2.75) is 52.7 Å². The molecule has 0 saturated carbocycles. The lowest BCUT2D eigenvalue weighted by Crippen LogP contribution is -2.40. The summed E-state index contributed by atoms with van der Waals surface area (Å²) in [5.74, 6) is 0.435. The summed E-state index contributed by atoms with van der Waals surface area (Å²) in [6.45, 7) is 9.98. The van der Waals surface area contributed by atoms with Crippen molar-refractivity contribution in [1.29, 1.82) is 0 Å². The monoisotopic (exact) mass is 397 g/mol. The van der Waals surface area contributed by atoms with Gasteiger partial charge in [0.05, 0.1) is 12.6 Å². The van der Waals surface area contributed by atoms with E-state index < -0.39 is 0 Å². The molecule has 1 atom stereocenters. The number of hydrogen-bond donors (Lipinski definition) is 3. The smallest absolute Gasteiger partial charge is 0.251 e. The van der Waals surface area contributed by atoms with Gasteiger partial charge in [-0.3, -0.25) is 9.59 Å². The number of carbonyl (C=O) groups is 2. The van der Waals surface area contributed by atoms with Crippen LogP contribution in [0, 0.1) is 0 Å². The van der Waals surface area contributed by atoms with Crippen molar-refractivity contribution in [3.63, 3.8) is 0 Å². The molecular weight excluding hydrogens is 366 g/mol. The quantitative estimate of drug-likeness (QED) is 0.615. The Kier molecular flexibility index (Phi) is 7.65. The lowest BCUT2D eigenvalue weighted by Gasteiger charge is -2.20. The zero-order chi connectivity index (χ0) is 21.4. The normalized spacial score (nSPS) is 12.0. The fraction of sp³-hybridized carbons (Fsp3) is 0.391. The highest BCUT2D eigenvalue weighted by Crippen LogP contribution is 2.18. The van der Waals surface area contributed by atoms with Gasteiger partial charge in [-0.25, -0.2) is 0 Å². The van der Waals surface area contributed by atoms with E-state index in [9.17, 15) is 9.59 Å². The number of rotatable bonds is 8. The molecule has 0 bridgehead atoms. The molecule has 0 saturated heterocycles. The van der Waals surface area contributed by atoms with Gasteiger partial charge in [0.2, 0.25) is 5.91 Å². The minimum absolute atomic E-state index is 0.115. The summed E-state index contributed by atoms with van der Waals surface area (Å²) >= 11 is 0. The SMILES string of the molecule is CCC(C)Oc1ccc(NCC(=O)Nc2cccc(C(=O)NC(C)(C)C)c2)cc1. The summed E-state index contributed by atoms with van der Waals surface area (Å²) in [5.41, 5.74) is 1.59. The van der Waals surface area contributed by atoms with Crippen molar-refractivity contribution in [2.24, 2.45) is 0 Å². The van der Waals surface area contributed by atoms with Gasteiger partial charge in [0.25, 0.3) is 5.91 Å². The van der Waals surface area contributed by atoms with E-state index in [0.29, 0.717) is 11.3 Å². The molecule has 3 N–H and O–H groups in total. The van der Waals surface area contributed by atoms with Crippen molar-refractivity contribution in [1.82, 2.24) is 5.32 Å². The van der Waals surface area contributed by atoms with Gasteiger partial charge in [-0.05, 0) is 76.6 Å². The summed E-state index contributed by atoms with van der Waals surface area (Å²) < 4.78 is 5.74. The van der Waals surface area contributed by atoms with Crippen LogP contribution in [0.25, 0.3) is 0 Å². The van der Waals surface area contributed by atoms with Crippen molar-refractivity contribution >= 4 is 23.2 Å². The van der Waals surface area contributed by atoms with Crippen molar-refractivity contribution in [2.75, 3.05) is 17.2 Å². The van der Waals surface area contributed by atoms with Crippen LogP contribution in [-0.4, -0.2) is 30.0 Å². The molecule has 0 heterocycles. The van der Waals surface area contributed by atoms with E-state index in [2.05, 4.69) is 22.9 Å². The molecule has 156 valence electrons. The van der Waals surface area contributed by atoms with Crippen LogP contribution in [0.2, 0.25) is 0 Å². The van der Waals surface area contributed by atoms with Gasteiger partial charge in [-0.15, -0.1) is 0 Å². The first-order chi connectivity index (χ1) is 13.7. The Balaban J connectivity index is 1.88. The van der Waals surface area contributed by atoms with E-state index in [1.807, 2.05) is 52.0 Å². The molecule has 2 amide bonds. The first-order valence-electron chi connectivity index (χ1n) is 9.89. The minimum Gasteiger partial charge on any atom is -0.491 e. The summed E-state index contributed by atoms with van der Waals surface area (Å²) in [6, 6.07) is 14.4. The molecule has 2 aromatic rings. The first-order valence-corrected chi connectivity index (χ1v) is 9.89. The average molecular weight is 398 g/mol. The number of nitrogens with one attached hydrogen (secondary N) is 3. The van der Waals surface area contributed by atoms with Gasteiger partial charge in [0.1, 0.15) is 5.75 Å². The maximum absolute atomic E-state index is 12.3. The number of ether oxygens (including phenoxy) is 1. The molecule has 2 aromatic carbocycles. The summed E-state index contributed by atoms with van der Waals surface area (Å²) in [6.07, 6.45) is 1.11. The van der Waals surface area contributed by atoms with E-state index in [-0.39, 0.29) is 30.0 Å². The van der Waals surface area contributed by atoms with Crippen LogP contribution in [0.3, 0.4) is 0 Å². The maximum Gasteiger partial charge on any atom is 0.251 e. The molecule has 29 heavy (non-hydrogen) atoms. The van der Waals surface area contributed by atoms with E-state index in [1.54, 1.807) is 24.3 Å². The van der Waals surface area contributed by atoms with Crippen LogP contribution in [0.4, 0.5) is 11.4 Å². The van der Waals surface area contributed by atoms with Crippen molar-refractivity contribution in [3.8, 4) is 5.75 Å². The Morgan fingerprint density at radius 3 is 2.34 bits per heavy atom. The summed E-state index contributed by atoms with van der Waals surface area (Å²) in [5, 5.41) is 8.80. The molecule has 0 aliphatic carbocycles. The number of benzene rings is 2. The maximum atomic E-state index is 12.3. The second-order valence-corrected chi connectivity index (χ2v) is 8.05. The van der Waals surface area contributed by atoms with Crippen molar-refractivity contribution < 1.29 is 14.3 Å². The Morgan fingerprint density at radius 2 is 1.72 bits per heavy atom. The van der Waals surface area contributed by atoms with E-state index in [4.69, 9.17) is 4.74 Å². The molecule has 0 aliphatic heterocycles. The highest BCUT2D eigenvalue weighted by atomic mass is 16.5. The van der Waals surface area contributed by atoms with Crippen molar-refractivity contribution in [3.05, 3.63) is 54.1 Å². The Labute approximate surface area is 173 Å². The topological polar surface area (TPSA) is 79.5 Å².